The van der Waals surface area contributed by atoms with Crippen LogP contribution in [0.4, 0.5) is 0 Å². The Hall–Kier alpha value is -0.305. The van der Waals surface area contributed by atoms with Gasteiger partial charge >= 0.3 is 0 Å². The zero-order valence-electron chi connectivity index (χ0n) is 4.01. The molecule has 0 fully saturated rings. The van der Waals surface area contributed by atoms with Gasteiger partial charge in [0.1, 0.15) is 7.85 Å². The first kappa shape index (κ1) is 4.84. The molecule has 0 atom stereocenters. The second-order valence-corrected chi connectivity index (χ2v) is 1.98. The van der Waals surface area contributed by atoms with Crippen molar-refractivity contribution in [3.05, 3.63) is 11.1 Å². The molecule has 0 aliphatic carbocycles. The van der Waals surface area contributed by atoms with Crippen molar-refractivity contribution in [2.45, 2.75) is 6.92 Å². The van der Waals surface area contributed by atoms with E-state index < -0.39 is 0 Å². The summed E-state index contributed by atoms with van der Waals surface area (Å²) >= 11 is 1.39. The third-order valence-corrected chi connectivity index (χ3v) is 1.53. The maximum absolute atomic E-state index is 5.39. The maximum atomic E-state index is 5.39. The first-order valence-electron chi connectivity index (χ1n) is 1.97. The van der Waals surface area contributed by atoms with Crippen LogP contribution in [0.15, 0.2) is 5.38 Å². The van der Waals surface area contributed by atoms with Gasteiger partial charge in [0, 0.05) is 11.1 Å². The molecule has 0 aliphatic heterocycles. The van der Waals surface area contributed by atoms with Crippen molar-refractivity contribution in [3.8, 4) is 0 Å². The summed E-state index contributed by atoms with van der Waals surface area (Å²) in [5.41, 5.74) is 1.73. The largest absolute Gasteiger partial charge is 0.199 e. The molecule has 0 spiro atoms. The van der Waals surface area contributed by atoms with E-state index in [1.165, 1.54) is 11.5 Å². The molecule has 1 rings (SSSR count). The van der Waals surface area contributed by atoms with Crippen molar-refractivity contribution in [2.24, 2.45) is 0 Å². The Balaban J connectivity index is 3.12. The Kier molecular flexibility index (Phi) is 1.15. The summed E-state index contributed by atoms with van der Waals surface area (Å²) in [5, 5.41) is 1.83. The molecule has 0 saturated carbocycles. The Morgan fingerprint density at radius 3 is 2.71 bits per heavy atom. The van der Waals surface area contributed by atoms with Crippen LogP contribution < -0.4 is 5.46 Å². The van der Waals surface area contributed by atoms with Crippen molar-refractivity contribution in [3.63, 3.8) is 0 Å². The third kappa shape index (κ3) is 0.827. The summed E-state index contributed by atoms with van der Waals surface area (Å²) in [6.07, 6.45) is 0. The number of rotatable bonds is 0. The van der Waals surface area contributed by atoms with E-state index in [0.29, 0.717) is 0 Å². The molecule has 34 valence electrons. The third-order valence-electron chi connectivity index (χ3n) is 0.787. The van der Waals surface area contributed by atoms with Crippen LogP contribution in [-0.4, -0.2) is 12.2 Å². The topological polar surface area (TPSA) is 12.9 Å². The second kappa shape index (κ2) is 1.66. The van der Waals surface area contributed by atoms with Gasteiger partial charge in [0.15, 0.2) is 0 Å². The van der Waals surface area contributed by atoms with Crippen LogP contribution in [-0.2, 0) is 0 Å². The van der Waals surface area contributed by atoms with E-state index in [1.807, 2.05) is 12.3 Å². The van der Waals surface area contributed by atoms with E-state index in [4.69, 9.17) is 7.85 Å². The summed E-state index contributed by atoms with van der Waals surface area (Å²) in [6, 6.07) is 0. The summed E-state index contributed by atoms with van der Waals surface area (Å²) in [7, 11) is 5.39. The fourth-order valence-electron chi connectivity index (χ4n) is 0.300. The van der Waals surface area contributed by atoms with Gasteiger partial charge in [-0.2, -0.15) is 4.37 Å². The maximum Gasteiger partial charge on any atom is 0.117 e. The van der Waals surface area contributed by atoms with E-state index in [0.717, 1.165) is 11.2 Å². The summed E-state index contributed by atoms with van der Waals surface area (Å²) in [4.78, 5) is 0. The normalized spacial score (nSPS) is 9.29. The zero-order chi connectivity index (χ0) is 5.28. The summed E-state index contributed by atoms with van der Waals surface area (Å²) in [5.74, 6) is 0. The van der Waals surface area contributed by atoms with Gasteiger partial charge < -0.3 is 0 Å². The Morgan fingerprint density at radius 1 is 1.86 bits per heavy atom. The lowest BCUT2D eigenvalue weighted by molar-refractivity contribution is 1.37. The minimum absolute atomic E-state index is 0.796. The average molecular weight is 109 g/mol. The molecule has 3 heteroatoms. The molecule has 7 heavy (non-hydrogen) atoms. The number of hydrogen-bond acceptors (Lipinski definition) is 2. The molecule has 0 aromatic carbocycles. The lowest BCUT2D eigenvalue weighted by Crippen LogP contribution is -2.00. The van der Waals surface area contributed by atoms with E-state index in [1.54, 1.807) is 0 Å². The second-order valence-electron chi connectivity index (χ2n) is 1.36. The van der Waals surface area contributed by atoms with Crippen molar-refractivity contribution in [1.82, 2.24) is 4.37 Å². The lowest BCUT2D eigenvalue weighted by Gasteiger charge is -1.77. The molecule has 1 heterocycles. The molecule has 1 aromatic heterocycles. The quantitative estimate of drug-likeness (QED) is 0.435. The van der Waals surface area contributed by atoms with Crippen LogP contribution in [0, 0.1) is 6.92 Å². The van der Waals surface area contributed by atoms with Crippen LogP contribution in [0.5, 0.6) is 0 Å². The summed E-state index contributed by atoms with van der Waals surface area (Å²) < 4.78 is 3.93. The van der Waals surface area contributed by atoms with E-state index in [2.05, 4.69) is 4.37 Å². The van der Waals surface area contributed by atoms with Crippen LogP contribution >= 0.6 is 11.5 Å². The molecule has 0 N–H and O–H groups in total. The Bertz CT molecular complexity index is 144. The van der Waals surface area contributed by atoms with Gasteiger partial charge in [-0.25, -0.2) is 0 Å². The molecule has 0 unspecified atom stereocenters. The average Bonchev–Trinajstić information content (AvgIpc) is 1.91. The van der Waals surface area contributed by atoms with Crippen LogP contribution in [0.25, 0.3) is 0 Å². The number of hydrogen-bond donors (Lipinski definition) is 0. The van der Waals surface area contributed by atoms with Gasteiger partial charge in [-0.15, -0.1) is 0 Å². The lowest BCUT2D eigenvalue weighted by atomic mass is 9.98. The van der Waals surface area contributed by atoms with Gasteiger partial charge in [0.2, 0.25) is 0 Å². The molecule has 1 aromatic rings. The van der Waals surface area contributed by atoms with Crippen molar-refractivity contribution in [1.29, 1.82) is 0 Å². The van der Waals surface area contributed by atoms with Crippen molar-refractivity contribution >= 4 is 24.8 Å². The highest BCUT2D eigenvalue weighted by atomic mass is 32.1. The molecule has 0 saturated heterocycles. The highest BCUT2D eigenvalue weighted by Crippen LogP contribution is 1.90. The van der Waals surface area contributed by atoms with E-state index in [-0.39, 0.29) is 0 Å². The molecule has 0 aliphatic rings. The summed E-state index contributed by atoms with van der Waals surface area (Å²) in [6.45, 7) is 1.89. The van der Waals surface area contributed by atoms with Gasteiger partial charge in [-0.3, -0.25) is 0 Å². The number of aryl methyl sites for hydroxylation is 1. The van der Waals surface area contributed by atoms with Gasteiger partial charge in [0.05, 0.1) is 0 Å². The van der Waals surface area contributed by atoms with Crippen molar-refractivity contribution in [2.75, 3.05) is 0 Å². The van der Waals surface area contributed by atoms with E-state index in [9.17, 15) is 0 Å². The predicted molar refractivity (Wildman–Crippen MR) is 32.2 cm³/mol. The van der Waals surface area contributed by atoms with Gasteiger partial charge in [-0.1, -0.05) is 5.46 Å². The highest BCUT2D eigenvalue weighted by Gasteiger charge is 1.88. The van der Waals surface area contributed by atoms with Gasteiger partial charge in [-0.05, 0) is 18.5 Å². The SMILES string of the molecule is [B]c1csnc1C. The van der Waals surface area contributed by atoms with Crippen LogP contribution in [0.3, 0.4) is 0 Å². The Labute approximate surface area is 47.9 Å². The first-order chi connectivity index (χ1) is 3.30. The molecule has 0 amide bonds. The molecule has 2 radical (unpaired) electrons. The van der Waals surface area contributed by atoms with Gasteiger partial charge in [0.25, 0.3) is 0 Å². The highest BCUT2D eigenvalue weighted by molar-refractivity contribution is 7.04. The minimum Gasteiger partial charge on any atom is -0.199 e. The molecule has 0 bridgehead atoms. The Morgan fingerprint density at radius 2 is 2.57 bits per heavy atom. The first-order valence-corrected chi connectivity index (χ1v) is 2.81. The van der Waals surface area contributed by atoms with E-state index >= 15 is 0 Å². The number of nitrogens with zero attached hydrogens (tertiary/aromatic N) is 1. The predicted octanol–water partition coefficient (Wildman–Crippen LogP) is 0.245. The zero-order valence-corrected chi connectivity index (χ0v) is 4.83. The van der Waals surface area contributed by atoms with Crippen LogP contribution in [0.1, 0.15) is 5.69 Å². The fraction of sp³-hybridized carbons (Fsp3) is 0.250. The molecule has 1 nitrogen and oxygen atoms in total. The fourth-order valence-corrected chi connectivity index (χ4v) is 0.901. The monoisotopic (exact) mass is 109 g/mol. The van der Waals surface area contributed by atoms with Crippen molar-refractivity contribution < 1.29 is 0 Å². The van der Waals surface area contributed by atoms with Crippen LogP contribution in [0.2, 0.25) is 0 Å². The number of aromatic nitrogens is 1. The minimum atomic E-state index is 0.796. The standard InChI is InChI=1S/C4H4BNS/c1-3-4(5)2-7-6-3/h2H,1H3. The molecular formula is C4H4BNS. The molecular weight excluding hydrogens is 105 g/mol. The smallest absolute Gasteiger partial charge is 0.117 e.